The van der Waals surface area contributed by atoms with E-state index in [1.54, 1.807) is 90.9 Å². The number of hydrogen-bond acceptors (Lipinski definition) is 8. The Morgan fingerprint density at radius 1 is 0.521 bits per heavy atom. The predicted octanol–water partition coefficient (Wildman–Crippen LogP) is 6.19. The average Bonchev–Trinajstić information content (AvgIpc) is 3.11. The first-order valence-corrected chi connectivity index (χ1v) is 15.0. The highest BCUT2D eigenvalue weighted by molar-refractivity contribution is 5.88. The van der Waals surface area contributed by atoms with Crippen LogP contribution in [-0.4, -0.2) is 78.4 Å². The van der Waals surface area contributed by atoms with Crippen LogP contribution in [0.4, 0.5) is 0 Å². The molecule has 3 aromatic carbocycles. The lowest BCUT2D eigenvalue weighted by molar-refractivity contribution is -0.126. The van der Waals surface area contributed by atoms with Crippen LogP contribution in [-0.2, 0) is 22.7 Å². The van der Waals surface area contributed by atoms with Crippen molar-refractivity contribution in [1.82, 2.24) is 9.80 Å². The molecule has 3 rings (SSSR count). The Morgan fingerprint density at radius 2 is 0.833 bits per heavy atom. The number of carbonyl (C=O) groups is 2. The van der Waals surface area contributed by atoms with E-state index in [1.807, 2.05) is 60.7 Å². The topological polar surface area (TPSA) is 96.0 Å². The molecule has 0 aliphatic heterocycles. The van der Waals surface area contributed by atoms with Crippen LogP contribution in [0.15, 0.2) is 85.0 Å². The number of hydrogen-bond donors (Lipinski definition) is 0. The summed E-state index contributed by atoms with van der Waals surface area (Å²) >= 11 is 0. The van der Waals surface area contributed by atoms with Gasteiger partial charge in [0, 0.05) is 39.3 Å². The first-order valence-electron chi connectivity index (χ1n) is 15.0. The van der Waals surface area contributed by atoms with Crippen LogP contribution in [0.3, 0.4) is 0 Å². The first kappa shape index (κ1) is 36.8. The van der Waals surface area contributed by atoms with E-state index in [0.717, 1.165) is 22.3 Å². The molecule has 0 atom stereocenters. The Balaban J connectivity index is 1.51. The van der Waals surface area contributed by atoms with Gasteiger partial charge in [0.25, 0.3) is 0 Å². The van der Waals surface area contributed by atoms with Crippen molar-refractivity contribution in [1.29, 1.82) is 0 Å². The molecule has 0 spiro atoms. The number of amides is 2. The van der Waals surface area contributed by atoms with Gasteiger partial charge in [0.1, 0.15) is 0 Å². The fraction of sp³-hybridized carbons (Fsp3) is 0.263. The minimum Gasteiger partial charge on any atom is -0.493 e. The summed E-state index contributed by atoms with van der Waals surface area (Å²) in [5.74, 6) is 2.97. The van der Waals surface area contributed by atoms with Gasteiger partial charge in [-0.05, 0) is 46.5 Å². The molecule has 0 heterocycles. The normalized spacial score (nSPS) is 11.3. The summed E-state index contributed by atoms with van der Waals surface area (Å²) < 4.78 is 32.3. The van der Waals surface area contributed by atoms with E-state index in [1.165, 1.54) is 12.2 Å². The van der Waals surface area contributed by atoms with Crippen molar-refractivity contribution in [3.63, 3.8) is 0 Å². The SMILES string of the molecule is COc1cc(/C=C/C=C/C(=O)N(C)Cc2ccc(CN(C)C(=O)/C=C/C=C/c3cc(OC)c(OC)c(OC)c3)cc2)cc(OC)c1OC. The van der Waals surface area contributed by atoms with Gasteiger partial charge in [-0.2, -0.15) is 0 Å². The van der Waals surface area contributed by atoms with Crippen molar-refractivity contribution in [3.8, 4) is 34.5 Å². The van der Waals surface area contributed by atoms with Crippen LogP contribution in [0.25, 0.3) is 12.2 Å². The van der Waals surface area contributed by atoms with E-state index >= 15 is 0 Å². The quantitative estimate of drug-likeness (QED) is 0.133. The molecule has 0 fully saturated rings. The summed E-state index contributed by atoms with van der Waals surface area (Å²) in [4.78, 5) is 28.6. The van der Waals surface area contributed by atoms with Gasteiger partial charge in [-0.15, -0.1) is 0 Å². The lowest BCUT2D eigenvalue weighted by atomic mass is 10.1. The Hall–Kier alpha value is -5.64. The molecule has 0 aromatic heterocycles. The summed E-state index contributed by atoms with van der Waals surface area (Å²) in [6.45, 7) is 0.881. The summed E-state index contributed by atoms with van der Waals surface area (Å²) in [5, 5.41) is 0. The highest BCUT2D eigenvalue weighted by atomic mass is 16.5. The van der Waals surface area contributed by atoms with E-state index in [0.29, 0.717) is 47.6 Å². The van der Waals surface area contributed by atoms with Crippen molar-refractivity contribution in [2.24, 2.45) is 0 Å². The van der Waals surface area contributed by atoms with Crippen LogP contribution in [0.2, 0.25) is 0 Å². The average molecular weight is 657 g/mol. The number of carbonyl (C=O) groups excluding carboxylic acids is 2. The summed E-state index contributed by atoms with van der Waals surface area (Å²) in [5.41, 5.74) is 3.62. The van der Waals surface area contributed by atoms with Gasteiger partial charge in [-0.3, -0.25) is 9.59 Å². The third-order valence-corrected chi connectivity index (χ3v) is 7.27. The number of rotatable bonds is 16. The number of methoxy groups -OCH3 is 6. The first-order chi connectivity index (χ1) is 23.2. The van der Waals surface area contributed by atoms with Crippen molar-refractivity contribution >= 4 is 24.0 Å². The van der Waals surface area contributed by atoms with Crippen LogP contribution in [0.1, 0.15) is 22.3 Å². The molecule has 48 heavy (non-hydrogen) atoms. The number of ether oxygens (including phenoxy) is 6. The molecule has 0 saturated carbocycles. The monoisotopic (exact) mass is 656 g/mol. The van der Waals surface area contributed by atoms with E-state index in [-0.39, 0.29) is 11.8 Å². The van der Waals surface area contributed by atoms with E-state index < -0.39 is 0 Å². The van der Waals surface area contributed by atoms with Crippen LogP contribution < -0.4 is 28.4 Å². The van der Waals surface area contributed by atoms with Gasteiger partial charge in [0.15, 0.2) is 23.0 Å². The van der Waals surface area contributed by atoms with Crippen molar-refractivity contribution in [2.75, 3.05) is 56.8 Å². The minimum atomic E-state index is -0.134. The molecule has 0 aliphatic rings. The number of benzene rings is 3. The van der Waals surface area contributed by atoms with Crippen molar-refractivity contribution < 1.29 is 38.0 Å². The largest absolute Gasteiger partial charge is 0.493 e. The van der Waals surface area contributed by atoms with Crippen molar-refractivity contribution in [2.45, 2.75) is 13.1 Å². The predicted molar refractivity (Wildman–Crippen MR) is 188 cm³/mol. The molecule has 254 valence electrons. The Morgan fingerprint density at radius 3 is 1.10 bits per heavy atom. The molecule has 0 N–H and O–H groups in total. The zero-order valence-corrected chi connectivity index (χ0v) is 28.8. The lowest BCUT2D eigenvalue weighted by Gasteiger charge is -2.17. The summed E-state index contributed by atoms with van der Waals surface area (Å²) in [6.07, 6.45) is 13.7. The van der Waals surface area contributed by atoms with E-state index in [4.69, 9.17) is 28.4 Å². The molecular formula is C38H44N2O8. The smallest absolute Gasteiger partial charge is 0.246 e. The fourth-order valence-corrected chi connectivity index (χ4v) is 4.71. The second-order valence-corrected chi connectivity index (χ2v) is 10.6. The van der Waals surface area contributed by atoms with E-state index in [2.05, 4.69) is 0 Å². The van der Waals surface area contributed by atoms with Gasteiger partial charge in [-0.25, -0.2) is 0 Å². The molecule has 0 radical (unpaired) electrons. The van der Waals surface area contributed by atoms with Crippen LogP contribution in [0, 0.1) is 0 Å². The van der Waals surface area contributed by atoms with Gasteiger partial charge in [0.05, 0.1) is 42.7 Å². The third-order valence-electron chi connectivity index (χ3n) is 7.27. The second kappa shape index (κ2) is 18.5. The molecule has 3 aromatic rings. The van der Waals surface area contributed by atoms with E-state index in [9.17, 15) is 9.59 Å². The summed E-state index contributed by atoms with van der Waals surface area (Å²) in [7, 11) is 12.9. The van der Waals surface area contributed by atoms with Gasteiger partial charge in [-0.1, -0.05) is 60.7 Å². The zero-order valence-electron chi connectivity index (χ0n) is 28.8. The Kier molecular flexibility index (Phi) is 14.2. The minimum absolute atomic E-state index is 0.134. The molecule has 0 bridgehead atoms. The summed E-state index contributed by atoms with van der Waals surface area (Å²) in [6, 6.07) is 15.1. The van der Waals surface area contributed by atoms with Gasteiger partial charge < -0.3 is 38.2 Å². The third kappa shape index (κ3) is 10.2. The molecule has 0 saturated heterocycles. The fourth-order valence-electron chi connectivity index (χ4n) is 4.71. The van der Waals surface area contributed by atoms with Gasteiger partial charge in [0.2, 0.25) is 23.3 Å². The molecule has 10 nitrogen and oxygen atoms in total. The van der Waals surface area contributed by atoms with Crippen molar-refractivity contribution in [3.05, 3.63) is 107 Å². The number of likely N-dealkylation sites (N-methyl/N-ethyl adjacent to an activating group) is 2. The standard InChI is InChI=1S/C38H44N2O8/c1-39(35(41)15-11-9-13-29-21-31(43-3)37(47-7)32(22-29)44-4)25-27-17-19-28(20-18-27)26-40(2)36(42)16-12-10-14-30-23-33(45-5)38(48-8)34(24-30)46-6/h9-24H,25-26H2,1-8H3/b13-9+,14-10+,15-11+,16-12+. The highest BCUT2D eigenvalue weighted by Gasteiger charge is 2.13. The van der Waals surface area contributed by atoms with Crippen LogP contribution >= 0.6 is 0 Å². The zero-order chi connectivity index (χ0) is 35.1. The molecule has 2 amide bonds. The van der Waals surface area contributed by atoms with Crippen LogP contribution in [0.5, 0.6) is 34.5 Å². The Bertz CT molecular complexity index is 1490. The molecular weight excluding hydrogens is 612 g/mol. The number of allylic oxidation sites excluding steroid dienone is 4. The maximum absolute atomic E-state index is 12.7. The second-order valence-electron chi connectivity index (χ2n) is 10.6. The molecule has 0 aliphatic carbocycles. The Labute approximate surface area is 283 Å². The highest BCUT2D eigenvalue weighted by Crippen LogP contribution is 2.39. The maximum Gasteiger partial charge on any atom is 0.246 e. The maximum atomic E-state index is 12.7. The lowest BCUT2D eigenvalue weighted by Crippen LogP contribution is -2.25. The molecule has 0 unspecified atom stereocenters. The number of nitrogens with zero attached hydrogens (tertiary/aromatic N) is 2. The van der Waals surface area contributed by atoms with Gasteiger partial charge >= 0.3 is 0 Å². The molecule has 10 heteroatoms.